The van der Waals surface area contributed by atoms with Crippen LogP contribution in [0.2, 0.25) is 0 Å². The van der Waals surface area contributed by atoms with Gasteiger partial charge in [-0.2, -0.15) is 10.2 Å². The second-order valence-corrected chi connectivity index (χ2v) is 5.72. The minimum atomic E-state index is 0.549. The molecule has 1 N–H and O–H groups in total. The summed E-state index contributed by atoms with van der Waals surface area (Å²) < 4.78 is 12.0. The van der Waals surface area contributed by atoms with E-state index in [1.54, 1.807) is 43.6 Å². The van der Waals surface area contributed by atoms with Gasteiger partial charge in [0.15, 0.2) is 11.5 Å². The highest BCUT2D eigenvalue weighted by Crippen LogP contribution is 2.23. The molecule has 9 nitrogen and oxygen atoms in total. The van der Waals surface area contributed by atoms with E-state index in [4.69, 9.17) is 9.47 Å². The van der Waals surface area contributed by atoms with Gasteiger partial charge in [0.1, 0.15) is 12.1 Å². The summed E-state index contributed by atoms with van der Waals surface area (Å²) in [6.45, 7) is 0. The molecule has 4 rings (SSSR count). The molecule has 0 saturated heterocycles. The molecule has 28 heavy (non-hydrogen) atoms. The molecule has 0 spiro atoms. The Balaban J connectivity index is 1.60. The maximum atomic E-state index is 5.28. The summed E-state index contributed by atoms with van der Waals surface area (Å²) in [7, 11) is 3.20. The van der Waals surface area contributed by atoms with Gasteiger partial charge in [0, 0.05) is 23.9 Å². The first-order valence-electron chi connectivity index (χ1n) is 8.41. The van der Waals surface area contributed by atoms with E-state index >= 15 is 0 Å². The number of nitrogens with zero attached hydrogens (tertiary/aromatic N) is 6. The minimum Gasteiger partial charge on any atom is -0.497 e. The maximum absolute atomic E-state index is 5.28. The molecule has 3 aromatic heterocycles. The number of nitrogens with one attached hydrogen (secondary N) is 1. The second kappa shape index (κ2) is 7.70. The average Bonchev–Trinajstić information content (AvgIpc) is 3.19. The topological polar surface area (TPSA) is 99.3 Å². The van der Waals surface area contributed by atoms with Gasteiger partial charge >= 0.3 is 0 Å². The van der Waals surface area contributed by atoms with E-state index in [1.165, 1.54) is 6.33 Å². The number of hydrogen-bond donors (Lipinski definition) is 1. The fourth-order valence-corrected chi connectivity index (χ4v) is 2.62. The number of hydrazone groups is 1. The predicted molar refractivity (Wildman–Crippen MR) is 105 cm³/mol. The Morgan fingerprint density at radius 2 is 1.96 bits per heavy atom. The zero-order valence-corrected chi connectivity index (χ0v) is 15.3. The normalized spacial score (nSPS) is 11.1. The third kappa shape index (κ3) is 3.45. The van der Waals surface area contributed by atoms with Crippen molar-refractivity contribution in [3.63, 3.8) is 0 Å². The van der Waals surface area contributed by atoms with Crippen LogP contribution in [0.1, 0.15) is 5.56 Å². The molecule has 0 bridgehead atoms. The molecule has 0 saturated carbocycles. The number of ether oxygens (including phenoxy) is 2. The number of methoxy groups -OCH3 is 2. The Labute approximate surface area is 160 Å². The SMILES string of the molecule is COc1cccc(-n2ncc3c(NN=Cc4ccc(OC)nc4)ncnc32)c1. The van der Waals surface area contributed by atoms with E-state index in [0.717, 1.165) is 22.4 Å². The average molecular weight is 375 g/mol. The predicted octanol–water partition coefficient (Wildman–Crippen LogP) is 2.67. The third-order valence-corrected chi connectivity index (χ3v) is 4.02. The first kappa shape index (κ1) is 17.4. The molecule has 0 fully saturated rings. The molecule has 4 aromatic rings. The molecule has 0 amide bonds. The number of hydrogen-bond acceptors (Lipinski definition) is 8. The number of pyridine rings is 1. The molecule has 140 valence electrons. The first-order valence-corrected chi connectivity index (χ1v) is 8.41. The van der Waals surface area contributed by atoms with Crippen molar-refractivity contribution in [1.82, 2.24) is 24.7 Å². The zero-order chi connectivity index (χ0) is 19.3. The number of benzene rings is 1. The van der Waals surface area contributed by atoms with E-state index in [0.29, 0.717) is 17.3 Å². The molecule has 0 unspecified atom stereocenters. The van der Waals surface area contributed by atoms with Crippen molar-refractivity contribution >= 4 is 23.1 Å². The first-order chi connectivity index (χ1) is 13.8. The summed E-state index contributed by atoms with van der Waals surface area (Å²) >= 11 is 0. The van der Waals surface area contributed by atoms with Crippen LogP contribution in [-0.4, -0.2) is 45.2 Å². The van der Waals surface area contributed by atoms with Crippen LogP contribution in [0.25, 0.3) is 16.7 Å². The quantitative estimate of drug-likeness (QED) is 0.408. The number of aromatic nitrogens is 5. The summed E-state index contributed by atoms with van der Waals surface area (Å²) in [5.41, 5.74) is 5.26. The number of fused-ring (bicyclic) bond motifs is 1. The molecular weight excluding hydrogens is 358 g/mol. The van der Waals surface area contributed by atoms with Crippen LogP contribution in [0.4, 0.5) is 5.82 Å². The molecular formula is C19H17N7O2. The molecule has 1 aromatic carbocycles. The molecule has 0 radical (unpaired) electrons. The lowest BCUT2D eigenvalue weighted by Crippen LogP contribution is -2.00. The summed E-state index contributed by atoms with van der Waals surface area (Å²) in [4.78, 5) is 12.7. The van der Waals surface area contributed by atoms with Crippen LogP contribution in [0.15, 0.2) is 60.2 Å². The number of anilines is 1. The zero-order valence-electron chi connectivity index (χ0n) is 15.3. The van der Waals surface area contributed by atoms with E-state index in [1.807, 2.05) is 30.3 Å². The molecule has 3 heterocycles. The third-order valence-electron chi connectivity index (χ3n) is 4.02. The number of rotatable bonds is 6. The van der Waals surface area contributed by atoms with Gasteiger partial charge in [-0.25, -0.2) is 19.6 Å². The van der Waals surface area contributed by atoms with E-state index in [-0.39, 0.29) is 0 Å². The largest absolute Gasteiger partial charge is 0.497 e. The van der Waals surface area contributed by atoms with E-state index in [2.05, 4.69) is 30.6 Å². The standard InChI is InChI=1S/C19H17N7O2/c1-27-15-5-3-4-14(8-15)26-19-16(11-24-26)18(21-12-22-19)25-23-10-13-6-7-17(28-2)20-9-13/h3-12H,1-2H3,(H,21,22,25). The van der Waals surface area contributed by atoms with Gasteiger partial charge in [-0.1, -0.05) is 6.07 Å². The van der Waals surface area contributed by atoms with Crippen LogP contribution in [0.3, 0.4) is 0 Å². The van der Waals surface area contributed by atoms with Crippen LogP contribution >= 0.6 is 0 Å². The Morgan fingerprint density at radius 3 is 2.75 bits per heavy atom. The fraction of sp³-hybridized carbons (Fsp3) is 0.105. The van der Waals surface area contributed by atoms with Crippen LogP contribution < -0.4 is 14.9 Å². The van der Waals surface area contributed by atoms with Gasteiger partial charge in [0.25, 0.3) is 0 Å². The van der Waals surface area contributed by atoms with Gasteiger partial charge in [0.05, 0.1) is 37.7 Å². The van der Waals surface area contributed by atoms with Gasteiger partial charge < -0.3 is 9.47 Å². The Hall–Kier alpha value is -4.01. The minimum absolute atomic E-state index is 0.549. The maximum Gasteiger partial charge on any atom is 0.212 e. The molecule has 0 aliphatic heterocycles. The summed E-state index contributed by atoms with van der Waals surface area (Å²) in [6, 6.07) is 11.2. The van der Waals surface area contributed by atoms with Crippen molar-refractivity contribution in [2.24, 2.45) is 5.10 Å². The molecule has 0 atom stereocenters. The van der Waals surface area contributed by atoms with E-state index in [9.17, 15) is 0 Å². The van der Waals surface area contributed by atoms with Gasteiger partial charge in [-0.05, 0) is 18.2 Å². The van der Waals surface area contributed by atoms with Crippen molar-refractivity contribution < 1.29 is 9.47 Å². The lowest BCUT2D eigenvalue weighted by molar-refractivity contribution is 0.398. The highest BCUT2D eigenvalue weighted by atomic mass is 16.5. The molecule has 9 heteroatoms. The molecule has 0 aliphatic carbocycles. The summed E-state index contributed by atoms with van der Waals surface area (Å²) in [6.07, 6.45) is 6.47. The summed E-state index contributed by atoms with van der Waals surface area (Å²) in [5, 5.41) is 9.40. The molecule has 0 aliphatic rings. The highest BCUT2D eigenvalue weighted by Gasteiger charge is 2.11. The van der Waals surface area contributed by atoms with Gasteiger partial charge in [-0.15, -0.1) is 0 Å². The monoisotopic (exact) mass is 375 g/mol. The van der Waals surface area contributed by atoms with Crippen molar-refractivity contribution in [2.45, 2.75) is 0 Å². The van der Waals surface area contributed by atoms with Crippen LogP contribution in [0.5, 0.6) is 11.6 Å². The van der Waals surface area contributed by atoms with Gasteiger partial charge in [-0.3, -0.25) is 5.43 Å². The van der Waals surface area contributed by atoms with Gasteiger partial charge in [0.2, 0.25) is 5.88 Å². The van der Waals surface area contributed by atoms with Crippen molar-refractivity contribution in [2.75, 3.05) is 19.6 Å². The Bertz CT molecular complexity index is 1120. The van der Waals surface area contributed by atoms with Crippen LogP contribution in [0, 0.1) is 0 Å². The Kier molecular flexibility index (Phi) is 4.79. The van der Waals surface area contributed by atoms with Crippen molar-refractivity contribution in [1.29, 1.82) is 0 Å². The lowest BCUT2D eigenvalue weighted by Gasteiger charge is -2.06. The lowest BCUT2D eigenvalue weighted by atomic mass is 10.3. The van der Waals surface area contributed by atoms with Crippen molar-refractivity contribution in [3.05, 3.63) is 60.7 Å². The fourth-order valence-electron chi connectivity index (χ4n) is 2.62. The highest BCUT2D eigenvalue weighted by molar-refractivity contribution is 5.88. The second-order valence-electron chi connectivity index (χ2n) is 5.72. The van der Waals surface area contributed by atoms with E-state index < -0.39 is 0 Å². The summed E-state index contributed by atoms with van der Waals surface area (Å²) in [5.74, 6) is 1.84. The van der Waals surface area contributed by atoms with Crippen molar-refractivity contribution in [3.8, 4) is 17.3 Å². The Morgan fingerprint density at radius 1 is 1.04 bits per heavy atom. The smallest absolute Gasteiger partial charge is 0.212 e. The van der Waals surface area contributed by atoms with Crippen LogP contribution in [-0.2, 0) is 0 Å².